The number of carbonyl (C=O) groups excluding carboxylic acids is 3. The summed E-state index contributed by atoms with van der Waals surface area (Å²) in [5.74, 6) is -0.367. The fraction of sp³-hybridized carbons (Fsp3) is 0.440. The van der Waals surface area contributed by atoms with E-state index in [-0.39, 0.29) is 42.4 Å². The first kappa shape index (κ1) is 25.2. The molecule has 3 atom stereocenters. The standard InChI is InChI=1S/C25H32N4O5/c1-16-13-29(25(32)21-8-6-7-11-26-21)17(2)15-34-22-12-19(27-18(3)30)9-10-20(22)24(31)28(4)14-23(16)33-5/h6-12,16-17,23H,13-15H2,1-5H3,(H,27,30)/t16-,17-,23-/m0/s1. The van der Waals surface area contributed by atoms with Gasteiger partial charge in [0.2, 0.25) is 5.91 Å². The first-order valence-electron chi connectivity index (χ1n) is 11.3. The second-order valence-electron chi connectivity index (χ2n) is 8.66. The third kappa shape index (κ3) is 5.91. The van der Waals surface area contributed by atoms with E-state index in [1.807, 2.05) is 13.8 Å². The monoisotopic (exact) mass is 468 g/mol. The molecule has 0 radical (unpaired) electrons. The Labute approximate surface area is 200 Å². The number of amides is 3. The molecule has 0 spiro atoms. The van der Waals surface area contributed by atoms with Crippen molar-refractivity contribution in [2.75, 3.05) is 39.2 Å². The first-order chi connectivity index (χ1) is 16.2. The number of hydrogen-bond acceptors (Lipinski definition) is 6. The van der Waals surface area contributed by atoms with Crippen LogP contribution in [0.3, 0.4) is 0 Å². The van der Waals surface area contributed by atoms with E-state index in [4.69, 9.17) is 9.47 Å². The SMILES string of the molecule is CO[C@H]1CN(C)C(=O)c2ccc(NC(C)=O)cc2OC[C@H](C)N(C(=O)c2ccccn2)C[C@@H]1C. The van der Waals surface area contributed by atoms with E-state index < -0.39 is 0 Å². The van der Waals surface area contributed by atoms with Gasteiger partial charge in [-0.3, -0.25) is 19.4 Å². The Kier molecular flexibility index (Phi) is 8.22. The van der Waals surface area contributed by atoms with Crippen molar-refractivity contribution in [3.05, 3.63) is 53.9 Å². The molecule has 2 heterocycles. The molecule has 3 rings (SSSR count). The predicted molar refractivity (Wildman–Crippen MR) is 128 cm³/mol. The van der Waals surface area contributed by atoms with E-state index in [0.717, 1.165) is 0 Å². The maximum Gasteiger partial charge on any atom is 0.272 e. The van der Waals surface area contributed by atoms with E-state index in [9.17, 15) is 14.4 Å². The van der Waals surface area contributed by atoms with Crippen LogP contribution in [-0.2, 0) is 9.53 Å². The van der Waals surface area contributed by atoms with Gasteiger partial charge in [-0.25, -0.2) is 0 Å². The summed E-state index contributed by atoms with van der Waals surface area (Å²) in [5, 5.41) is 2.71. The fourth-order valence-corrected chi connectivity index (χ4v) is 3.97. The molecule has 3 amide bonds. The lowest BCUT2D eigenvalue weighted by atomic mass is 10.0. The Morgan fingerprint density at radius 3 is 2.59 bits per heavy atom. The van der Waals surface area contributed by atoms with Gasteiger partial charge in [0.15, 0.2) is 0 Å². The van der Waals surface area contributed by atoms with Crippen molar-refractivity contribution in [2.24, 2.45) is 5.92 Å². The van der Waals surface area contributed by atoms with E-state index in [1.165, 1.54) is 6.92 Å². The maximum atomic E-state index is 13.4. The zero-order chi connectivity index (χ0) is 24.8. The zero-order valence-electron chi connectivity index (χ0n) is 20.3. The molecule has 0 unspecified atom stereocenters. The van der Waals surface area contributed by atoms with E-state index in [1.54, 1.807) is 66.6 Å². The van der Waals surface area contributed by atoms with Gasteiger partial charge in [-0.05, 0) is 31.2 Å². The van der Waals surface area contributed by atoms with Crippen LogP contribution in [0.15, 0.2) is 42.6 Å². The third-order valence-corrected chi connectivity index (χ3v) is 5.91. The molecule has 1 aromatic heterocycles. The molecule has 2 aromatic rings. The van der Waals surface area contributed by atoms with Crippen molar-refractivity contribution in [1.82, 2.24) is 14.8 Å². The van der Waals surface area contributed by atoms with Crippen LogP contribution in [0.25, 0.3) is 0 Å². The minimum Gasteiger partial charge on any atom is -0.491 e. The Bertz CT molecular complexity index is 1030. The molecule has 0 saturated carbocycles. The van der Waals surface area contributed by atoms with Crippen LogP contribution >= 0.6 is 0 Å². The summed E-state index contributed by atoms with van der Waals surface area (Å²) < 4.78 is 11.8. The Morgan fingerprint density at radius 2 is 1.94 bits per heavy atom. The van der Waals surface area contributed by atoms with Gasteiger partial charge in [-0.2, -0.15) is 0 Å². The summed E-state index contributed by atoms with van der Waals surface area (Å²) in [6.45, 7) is 6.19. The molecule has 0 aliphatic carbocycles. The number of methoxy groups -OCH3 is 1. The van der Waals surface area contributed by atoms with Gasteiger partial charge in [0.1, 0.15) is 18.1 Å². The molecular formula is C25H32N4O5. The number of pyridine rings is 1. The molecule has 1 N–H and O–H groups in total. The summed E-state index contributed by atoms with van der Waals surface area (Å²) in [6, 6.07) is 9.84. The minimum atomic E-state index is -0.320. The van der Waals surface area contributed by atoms with Crippen molar-refractivity contribution < 1.29 is 23.9 Å². The van der Waals surface area contributed by atoms with Crippen LogP contribution in [0.4, 0.5) is 5.69 Å². The van der Waals surface area contributed by atoms with E-state index in [0.29, 0.717) is 35.8 Å². The normalized spacial score (nSPS) is 21.6. The minimum absolute atomic E-state index is 0.0589. The molecule has 34 heavy (non-hydrogen) atoms. The highest BCUT2D eigenvalue weighted by Gasteiger charge is 2.31. The lowest BCUT2D eigenvalue weighted by Gasteiger charge is -2.36. The summed E-state index contributed by atoms with van der Waals surface area (Å²) >= 11 is 0. The van der Waals surface area contributed by atoms with E-state index >= 15 is 0 Å². The number of carbonyl (C=O) groups is 3. The molecule has 1 aliphatic rings. The van der Waals surface area contributed by atoms with E-state index in [2.05, 4.69) is 10.3 Å². The summed E-state index contributed by atoms with van der Waals surface area (Å²) in [6.07, 6.45) is 1.30. The average molecular weight is 469 g/mol. The van der Waals surface area contributed by atoms with Crippen molar-refractivity contribution in [3.8, 4) is 5.75 Å². The maximum absolute atomic E-state index is 13.4. The molecular weight excluding hydrogens is 436 g/mol. The van der Waals surface area contributed by atoms with Gasteiger partial charge < -0.3 is 24.6 Å². The topological polar surface area (TPSA) is 101 Å². The number of fused-ring (bicyclic) bond motifs is 1. The Balaban J connectivity index is 2.00. The molecule has 182 valence electrons. The van der Waals surface area contributed by atoms with Gasteiger partial charge >= 0.3 is 0 Å². The van der Waals surface area contributed by atoms with Crippen molar-refractivity contribution in [2.45, 2.75) is 32.9 Å². The predicted octanol–water partition coefficient (Wildman–Crippen LogP) is 2.69. The summed E-state index contributed by atoms with van der Waals surface area (Å²) in [4.78, 5) is 45.6. The Morgan fingerprint density at radius 1 is 1.18 bits per heavy atom. The van der Waals surface area contributed by atoms with Gasteiger partial charge in [0.25, 0.3) is 11.8 Å². The highest BCUT2D eigenvalue weighted by molar-refractivity contribution is 5.98. The largest absolute Gasteiger partial charge is 0.491 e. The number of nitrogens with zero attached hydrogens (tertiary/aromatic N) is 3. The number of aromatic nitrogens is 1. The van der Waals surface area contributed by atoms with Crippen LogP contribution in [-0.4, -0.2) is 78.5 Å². The number of hydrogen-bond donors (Lipinski definition) is 1. The lowest BCUT2D eigenvalue weighted by molar-refractivity contribution is -0.114. The summed E-state index contributed by atoms with van der Waals surface area (Å²) in [5.41, 5.74) is 1.24. The first-order valence-corrected chi connectivity index (χ1v) is 11.3. The summed E-state index contributed by atoms with van der Waals surface area (Å²) in [7, 11) is 3.31. The smallest absolute Gasteiger partial charge is 0.272 e. The number of anilines is 1. The highest BCUT2D eigenvalue weighted by atomic mass is 16.5. The third-order valence-electron chi connectivity index (χ3n) is 5.91. The van der Waals surface area contributed by atoms with Crippen LogP contribution in [0.1, 0.15) is 41.6 Å². The number of benzene rings is 1. The molecule has 0 saturated heterocycles. The molecule has 9 nitrogen and oxygen atoms in total. The second kappa shape index (κ2) is 11.1. The van der Waals surface area contributed by atoms with Gasteiger partial charge in [-0.1, -0.05) is 13.0 Å². The zero-order valence-corrected chi connectivity index (χ0v) is 20.3. The molecule has 1 aliphatic heterocycles. The van der Waals surface area contributed by atoms with Crippen LogP contribution < -0.4 is 10.1 Å². The van der Waals surface area contributed by atoms with Gasteiger partial charge in [0, 0.05) is 58.0 Å². The van der Waals surface area contributed by atoms with Gasteiger partial charge in [-0.15, -0.1) is 0 Å². The van der Waals surface area contributed by atoms with Crippen LogP contribution in [0, 0.1) is 5.92 Å². The lowest BCUT2D eigenvalue weighted by Crippen LogP contribution is -2.48. The Hall–Kier alpha value is -3.46. The second-order valence-corrected chi connectivity index (χ2v) is 8.66. The van der Waals surface area contributed by atoms with Crippen molar-refractivity contribution >= 4 is 23.4 Å². The molecule has 0 fully saturated rings. The molecule has 0 bridgehead atoms. The quantitative estimate of drug-likeness (QED) is 0.743. The van der Waals surface area contributed by atoms with Gasteiger partial charge in [0.05, 0.1) is 17.7 Å². The molecule has 1 aromatic carbocycles. The van der Waals surface area contributed by atoms with Crippen molar-refractivity contribution in [1.29, 1.82) is 0 Å². The number of ether oxygens (including phenoxy) is 2. The fourth-order valence-electron chi connectivity index (χ4n) is 3.97. The number of rotatable bonds is 3. The molecule has 9 heteroatoms. The number of likely N-dealkylation sites (N-methyl/N-ethyl adjacent to an activating group) is 1. The number of nitrogens with one attached hydrogen (secondary N) is 1. The average Bonchev–Trinajstić information content (AvgIpc) is 2.82. The highest BCUT2D eigenvalue weighted by Crippen LogP contribution is 2.27. The van der Waals surface area contributed by atoms with Crippen LogP contribution in [0.5, 0.6) is 5.75 Å². The van der Waals surface area contributed by atoms with Crippen LogP contribution in [0.2, 0.25) is 0 Å². The van der Waals surface area contributed by atoms with Crippen molar-refractivity contribution in [3.63, 3.8) is 0 Å².